The van der Waals surface area contributed by atoms with Crippen LogP contribution in [-0.2, 0) is 6.54 Å². The second kappa shape index (κ2) is 8.95. The first-order valence-corrected chi connectivity index (χ1v) is 9.36. The Morgan fingerprint density at radius 1 is 1.13 bits per heavy atom. The summed E-state index contributed by atoms with van der Waals surface area (Å²) in [6.45, 7) is 0.833. The lowest BCUT2D eigenvalue weighted by Crippen LogP contribution is -2.27. The van der Waals surface area contributed by atoms with E-state index < -0.39 is 11.5 Å². The van der Waals surface area contributed by atoms with E-state index in [2.05, 4.69) is 30.5 Å². The van der Waals surface area contributed by atoms with Crippen molar-refractivity contribution in [3.63, 3.8) is 0 Å². The van der Waals surface area contributed by atoms with Crippen LogP contribution in [0, 0.1) is 0 Å². The van der Waals surface area contributed by atoms with Gasteiger partial charge in [-0.1, -0.05) is 12.1 Å². The average Bonchev–Trinajstić information content (AvgIpc) is 3.29. The van der Waals surface area contributed by atoms with Crippen molar-refractivity contribution >= 4 is 22.5 Å². The van der Waals surface area contributed by atoms with Gasteiger partial charge in [0.05, 0.1) is 10.9 Å². The number of H-pyrrole nitrogens is 2. The van der Waals surface area contributed by atoms with E-state index in [4.69, 9.17) is 15.2 Å². The molecule has 11 nitrogen and oxygen atoms in total. The van der Waals surface area contributed by atoms with E-state index >= 15 is 0 Å². The minimum absolute atomic E-state index is 0.0701. The van der Waals surface area contributed by atoms with Crippen molar-refractivity contribution in [2.45, 2.75) is 6.54 Å². The summed E-state index contributed by atoms with van der Waals surface area (Å²) in [6, 6.07) is 12.3. The van der Waals surface area contributed by atoms with Crippen molar-refractivity contribution in [3.8, 4) is 11.8 Å². The van der Waals surface area contributed by atoms with Crippen molar-refractivity contribution in [1.82, 2.24) is 30.5 Å². The fraction of sp³-hybridized carbons (Fsp3) is 0.150. The summed E-state index contributed by atoms with van der Waals surface area (Å²) in [5, 5.41) is 9.34. The third kappa shape index (κ3) is 4.96. The third-order valence-corrected chi connectivity index (χ3v) is 4.28. The number of aromatic nitrogens is 5. The topological polar surface area (TPSA) is 161 Å². The number of nitrogens with one attached hydrogen (secondary N) is 3. The monoisotopic (exact) mass is 421 g/mol. The number of benzene rings is 2. The number of anilines is 1. The van der Waals surface area contributed by atoms with Crippen LogP contribution in [-0.4, -0.2) is 44.3 Å². The number of aromatic amines is 2. The summed E-state index contributed by atoms with van der Waals surface area (Å²) in [5.41, 5.74) is 6.93. The van der Waals surface area contributed by atoms with E-state index in [9.17, 15) is 9.59 Å². The standard InChI is InChI=1S/C20H19N7O4/c21-13-4-5-16-15(9-13)18(28)26-17(25-16)19(29)22-10-12-2-1-3-14(8-12)30-6-7-31-20-23-11-24-27-20/h1-5,8-9,11H,6-7,10,21H2,(H,22,29)(H,23,24,27)(H,25,26,28). The molecule has 0 aliphatic carbocycles. The van der Waals surface area contributed by atoms with Crippen LogP contribution in [0.15, 0.2) is 53.6 Å². The SMILES string of the molecule is Nc1ccc2nc(C(=O)NCc3cccc(OCCOc4ncn[nH]4)c3)[nH]c(=O)c2c1. The van der Waals surface area contributed by atoms with Crippen molar-refractivity contribution in [2.75, 3.05) is 18.9 Å². The number of ether oxygens (including phenoxy) is 2. The predicted molar refractivity (Wildman–Crippen MR) is 112 cm³/mol. The number of carbonyl (C=O) groups excluding carboxylic acids is 1. The quantitative estimate of drug-likeness (QED) is 0.242. The van der Waals surface area contributed by atoms with Crippen LogP contribution in [0.2, 0.25) is 0 Å². The van der Waals surface area contributed by atoms with Gasteiger partial charge in [-0.3, -0.25) is 9.59 Å². The molecule has 2 heterocycles. The Hall–Kier alpha value is -4.41. The molecule has 31 heavy (non-hydrogen) atoms. The minimum Gasteiger partial charge on any atom is -0.490 e. The summed E-state index contributed by atoms with van der Waals surface area (Å²) in [7, 11) is 0. The highest BCUT2D eigenvalue weighted by molar-refractivity contribution is 5.92. The maximum absolute atomic E-state index is 12.5. The van der Waals surface area contributed by atoms with Crippen LogP contribution in [0.5, 0.6) is 11.8 Å². The number of rotatable bonds is 8. The zero-order valence-corrected chi connectivity index (χ0v) is 16.3. The molecule has 0 atom stereocenters. The van der Waals surface area contributed by atoms with E-state index in [0.29, 0.717) is 41.6 Å². The normalized spacial score (nSPS) is 10.7. The number of nitrogens with zero attached hydrogens (tertiary/aromatic N) is 3. The Labute approximate surface area is 175 Å². The fourth-order valence-corrected chi connectivity index (χ4v) is 2.84. The van der Waals surface area contributed by atoms with Gasteiger partial charge in [-0.15, -0.1) is 0 Å². The molecule has 158 valence electrons. The van der Waals surface area contributed by atoms with Crippen molar-refractivity contribution in [2.24, 2.45) is 0 Å². The molecule has 0 fully saturated rings. The van der Waals surface area contributed by atoms with Crippen LogP contribution in [0.3, 0.4) is 0 Å². The lowest BCUT2D eigenvalue weighted by Gasteiger charge is -2.09. The van der Waals surface area contributed by atoms with Gasteiger partial charge in [0.25, 0.3) is 11.5 Å². The maximum atomic E-state index is 12.5. The summed E-state index contributed by atoms with van der Waals surface area (Å²) in [6.07, 6.45) is 1.35. The van der Waals surface area contributed by atoms with E-state index in [1.807, 2.05) is 12.1 Å². The Bertz CT molecular complexity index is 1250. The largest absolute Gasteiger partial charge is 0.490 e. The highest BCUT2D eigenvalue weighted by Gasteiger charge is 2.12. The van der Waals surface area contributed by atoms with E-state index in [1.54, 1.807) is 24.3 Å². The van der Waals surface area contributed by atoms with Gasteiger partial charge in [-0.05, 0) is 35.9 Å². The van der Waals surface area contributed by atoms with Crippen molar-refractivity contribution < 1.29 is 14.3 Å². The molecule has 2 aromatic heterocycles. The first kappa shape index (κ1) is 19.9. The number of nitrogen functional groups attached to an aromatic ring is 1. The zero-order valence-electron chi connectivity index (χ0n) is 16.3. The summed E-state index contributed by atoms with van der Waals surface area (Å²) < 4.78 is 11.0. The number of nitrogens with two attached hydrogens (primary N) is 1. The molecule has 0 radical (unpaired) electrons. The lowest BCUT2D eigenvalue weighted by molar-refractivity contribution is 0.0940. The zero-order chi connectivity index (χ0) is 21.6. The van der Waals surface area contributed by atoms with Gasteiger partial charge >= 0.3 is 6.01 Å². The number of amides is 1. The molecule has 0 aliphatic heterocycles. The molecule has 0 spiro atoms. The van der Waals surface area contributed by atoms with Crippen LogP contribution in [0.4, 0.5) is 5.69 Å². The number of hydrogen-bond acceptors (Lipinski definition) is 8. The molecule has 0 unspecified atom stereocenters. The smallest absolute Gasteiger partial charge is 0.312 e. The van der Waals surface area contributed by atoms with Gasteiger partial charge in [-0.2, -0.15) is 10.1 Å². The van der Waals surface area contributed by atoms with Gasteiger partial charge in [0.2, 0.25) is 0 Å². The van der Waals surface area contributed by atoms with E-state index in [1.165, 1.54) is 12.4 Å². The highest BCUT2D eigenvalue weighted by Crippen LogP contribution is 2.14. The van der Waals surface area contributed by atoms with Gasteiger partial charge in [0, 0.05) is 12.2 Å². The van der Waals surface area contributed by atoms with E-state index in [-0.39, 0.29) is 12.4 Å². The van der Waals surface area contributed by atoms with Crippen molar-refractivity contribution in [1.29, 1.82) is 0 Å². The first-order chi connectivity index (χ1) is 15.1. The number of carbonyl (C=O) groups is 1. The van der Waals surface area contributed by atoms with Gasteiger partial charge in [0.1, 0.15) is 25.3 Å². The van der Waals surface area contributed by atoms with Crippen LogP contribution in [0.25, 0.3) is 10.9 Å². The third-order valence-electron chi connectivity index (χ3n) is 4.28. The average molecular weight is 421 g/mol. The van der Waals surface area contributed by atoms with Crippen molar-refractivity contribution in [3.05, 3.63) is 70.5 Å². The molecule has 11 heteroatoms. The second-order valence-corrected chi connectivity index (χ2v) is 6.51. The predicted octanol–water partition coefficient (Wildman–Crippen LogP) is 1.01. The van der Waals surface area contributed by atoms with Gasteiger partial charge < -0.3 is 25.5 Å². The van der Waals surface area contributed by atoms with Crippen LogP contribution in [0.1, 0.15) is 16.2 Å². The van der Waals surface area contributed by atoms with Crippen LogP contribution < -0.4 is 26.1 Å². The molecule has 0 saturated carbocycles. The lowest BCUT2D eigenvalue weighted by atomic mass is 10.2. The highest BCUT2D eigenvalue weighted by atomic mass is 16.5. The molecular formula is C20H19N7O4. The van der Waals surface area contributed by atoms with Crippen LogP contribution >= 0.6 is 0 Å². The molecule has 0 aliphatic rings. The Morgan fingerprint density at radius 2 is 2.00 bits per heavy atom. The Balaban J connectivity index is 1.34. The summed E-state index contributed by atoms with van der Waals surface area (Å²) in [5.74, 6) is 0.0598. The summed E-state index contributed by atoms with van der Waals surface area (Å²) in [4.78, 5) is 35.2. The molecule has 5 N–H and O–H groups in total. The Morgan fingerprint density at radius 3 is 2.84 bits per heavy atom. The van der Waals surface area contributed by atoms with E-state index in [0.717, 1.165) is 5.56 Å². The number of fused-ring (bicyclic) bond motifs is 1. The first-order valence-electron chi connectivity index (χ1n) is 9.36. The maximum Gasteiger partial charge on any atom is 0.312 e. The van der Waals surface area contributed by atoms with Gasteiger partial charge in [0.15, 0.2) is 5.82 Å². The molecule has 0 bridgehead atoms. The molecular weight excluding hydrogens is 402 g/mol. The molecule has 1 amide bonds. The molecule has 0 saturated heterocycles. The molecule has 2 aromatic carbocycles. The number of hydrogen-bond donors (Lipinski definition) is 4. The fourth-order valence-electron chi connectivity index (χ4n) is 2.84. The molecule has 4 rings (SSSR count). The summed E-state index contributed by atoms with van der Waals surface area (Å²) >= 11 is 0. The minimum atomic E-state index is -0.498. The second-order valence-electron chi connectivity index (χ2n) is 6.51. The van der Waals surface area contributed by atoms with Gasteiger partial charge in [-0.25, -0.2) is 10.1 Å². The Kier molecular flexibility index (Phi) is 5.74. The molecule has 4 aromatic rings.